The Morgan fingerprint density at radius 2 is 2.05 bits per heavy atom. The van der Waals surface area contributed by atoms with Crippen molar-refractivity contribution >= 4 is 11.9 Å². The van der Waals surface area contributed by atoms with Crippen molar-refractivity contribution in [1.82, 2.24) is 5.32 Å². The maximum Gasteiger partial charge on any atom is 0.328 e. The van der Waals surface area contributed by atoms with E-state index >= 15 is 0 Å². The highest BCUT2D eigenvalue weighted by molar-refractivity contribution is 5.84. The number of aliphatic carboxylic acids is 1. The standard InChI is InChI=1S/C16H21NO4/c1-3-9-21-11-14(16(19)20)17-15(18)10-12(2)13-7-5-4-6-8-13/h3-8,12,14H,1,9-11H2,2H3,(H,17,18)(H,19,20). The van der Waals surface area contributed by atoms with Gasteiger partial charge in [0.25, 0.3) is 0 Å². The minimum Gasteiger partial charge on any atom is -0.480 e. The monoisotopic (exact) mass is 291 g/mol. The predicted molar refractivity (Wildman–Crippen MR) is 80.1 cm³/mol. The zero-order valence-corrected chi connectivity index (χ0v) is 12.1. The first-order valence-corrected chi connectivity index (χ1v) is 6.80. The number of benzene rings is 1. The zero-order chi connectivity index (χ0) is 15.7. The van der Waals surface area contributed by atoms with Crippen LogP contribution in [0.2, 0.25) is 0 Å². The molecule has 1 rings (SSSR count). The summed E-state index contributed by atoms with van der Waals surface area (Å²) in [6.07, 6.45) is 1.76. The zero-order valence-electron chi connectivity index (χ0n) is 12.1. The SMILES string of the molecule is C=CCOCC(NC(=O)CC(C)c1ccccc1)C(=O)O. The van der Waals surface area contributed by atoms with Gasteiger partial charge in [-0.05, 0) is 11.5 Å². The molecule has 2 atom stereocenters. The first kappa shape index (κ1) is 16.9. The summed E-state index contributed by atoms with van der Waals surface area (Å²) in [5.74, 6) is -1.39. The Labute approximate surface area is 124 Å². The highest BCUT2D eigenvalue weighted by atomic mass is 16.5. The second-order valence-electron chi connectivity index (χ2n) is 4.80. The molecule has 1 amide bonds. The number of carbonyl (C=O) groups is 2. The molecular weight excluding hydrogens is 270 g/mol. The van der Waals surface area contributed by atoms with Crippen molar-refractivity contribution in [2.45, 2.75) is 25.3 Å². The maximum absolute atomic E-state index is 11.9. The number of amides is 1. The lowest BCUT2D eigenvalue weighted by Crippen LogP contribution is -2.44. The van der Waals surface area contributed by atoms with Crippen molar-refractivity contribution < 1.29 is 19.4 Å². The second kappa shape index (κ2) is 8.92. The summed E-state index contributed by atoms with van der Waals surface area (Å²) in [7, 11) is 0. The Hall–Kier alpha value is -2.14. The first-order chi connectivity index (χ1) is 10.0. The third kappa shape index (κ3) is 6.23. The number of carboxylic acid groups (broad SMARTS) is 1. The van der Waals surface area contributed by atoms with Gasteiger partial charge >= 0.3 is 5.97 Å². The fourth-order valence-electron chi connectivity index (χ4n) is 1.87. The molecule has 0 aliphatic rings. The van der Waals surface area contributed by atoms with E-state index < -0.39 is 12.0 Å². The number of carboxylic acids is 1. The molecule has 0 saturated carbocycles. The van der Waals surface area contributed by atoms with Crippen molar-refractivity contribution in [3.05, 3.63) is 48.6 Å². The number of ether oxygens (including phenoxy) is 1. The molecule has 2 N–H and O–H groups in total. The van der Waals surface area contributed by atoms with Crippen molar-refractivity contribution in [3.8, 4) is 0 Å². The van der Waals surface area contributed by atoms with Gasteiger partial charge in [-0.25, -0.2) is 4.79 Å². The molecule has 1 aromatic rings. The Balaban J connectivity index is 2.49. The van der Waals surface area contributed by atoms with Gasteiger partial charge in [-0.15, -0.1) is 6.58 Å². The molecule has 0 bridgehead atoms. The lowest BCUT2D eigenvalue weighted by Gasteiger charge is -2.16. The topological polar surface area (TPSA) is 75.6 Å². The van der Waals surface area contributed by atoms with E-state index in [2.05, 4.69) is 11.9 Å². The third-order valence-corrected chi connectivity index (χ3v) is 3.01. The van der Waals surface area contributed by atoms with Crippen molar-refractivity contribution in [2.75, 3.05) is 13.2 Å². The first-order valence-electron chi connectivity index (χ1n) is 6.80. The molecule has 0 radical (unpaired) electrons. The molecule has 2 unspecified atom stereocenters. The molecule has 114 valence electrons. The molecule has 0 spiro atoms. The summed E-state index contributed by atoms with van der Waals surface area (Å²) >= 11 is 0. The minimum absolute atomic E-state index is 0.0229. The third-order valence-electron chi connectivity index (χ3n) is 3.01. The van der Waals surface area contributed by atoms with Crippen LogP contribution in [0, 0.1) is 0 Å². The summed E-state index contributed by atoms with van der Waals surface area (Å²) < 4.78 is 5.08. The van der Waals surface area contributed by atoms with E-state index in [-0.39, 0.29) is 31.5 Å². The number of carbonyl (C=O) groups excluding carboxylic acids is 1. The Morgan fingerprint density at radius 1 is 1.38 bits per heavy atom. The Kier molecular flexibility index (Phi) is 7.18. The molecule has 0 aliphatic carbocycles. The summed E-state index contributed by atoms with van der Waals surface area (Å²) in [5, 5.41) is 11.5. The summed E-state index contributed by atoms with van der Waals surface area (Å²) in [6, 6.07) is 8.58. The average molecular weight is 291 g/mol. The van der Waals surface area contributed by atoms with Crippen molar-refractivity contribution in [3.63, 3.8) is 0 Å². The van der Waals surface area contributed by atoms with Crippen LogP contribution in [0.4, 0.5) is 0 Å². The van der Waals surface area contributed by atoms with E-state index in [1.165, 1.54) is 6.08 Å². The molecule has 5 heteroatoms. The molecule has 0 saturated heterocycles. The molecule has 1 aromatic carbocycles. The van der Waals surface area contributed by atoms with Gasteiger partial charge in [0.2, 0.25) is 5.91 Å². The van der Waals surface area contributed by atoms with Gasteiger partial charge in [-0.1, -0.05) is 43.3 Å². The number of hydrogen-bond donors (Lipinski definition) is 2. The lowest BCUT2D eigenvalue weighted by molar-refractivity contribution is -0.143. The van der Waals surface area contributed by atoms with Crippen LogP contribution in [0.1, 0.15) is 24.8 Å². The minimum atomic E-state index is -1.11. The van der Waals surface area contributed by atoms with Gasteiger partial charge in [0, 0.05) is 6.42 Å². The van der Waals surface area contributed by atoms with E-state index in [0.717, 1.165) is 5.56 Å². The maximum atomic E-state index is 11.9. The highest BCUT2D eigenvalue weighted by Gasteiger charge is 2.21. The summed E-state index contributed by atoms with van der Waals surface area (Å²) in [6.45, 7) is 5.58. The molecule has 0 aliphatic heterocycles. The summed E-state index contributed by atoms with van der Waals surface area (Å²) in [4.78, 5) is 23.0. The predicted octanol–water partition coefficient (Wildman–Crippen LogP) is 1.95. The van der Waals surface area contributed by atoms with Crippen LogP contribution in [0.5, 0.6) is 0 Å². The van der Waals surface area contributed by atoms with E-state index in [1.54, 1.807) is 0 Å². The van der Waals surface area contributed by atoms with Crippen LogP contribution in [0.3, 0.4) is 0 Å². The van der Waals surface area contributed by atoms with E-state index in [0.29, 0.717) is 0 Å². The largest absolute Gasteiger partial charge is 0.480 e. The summed E-state index contributed by atoms with van der Waals surface area (Å²) in [5.41, 5.74) is 1.04. The Bertz CT molecular complexity index is 472. The van der Waals surface area contributed by atoms with Gasteiger partial charge < -0.3 is 15.2 Å². The molecule has 0 aromatic heterocycles. The van der Waals surface area contributed by atoms with Gasteiger partial charge in [-0.3, -0.25) is 4.79 Å². The smallest absolute Gasteiger partial charge is 0.328 e. The van der Waals surface area contributed by atoms with Crippen LogP contribution in [-0.4, -0.2) is 36.2 Å². The van der Waals surface area contributed by atoms with Crippen molar-refractivity contribution in [2.24, 2.45) is 0 Å². The van der Waals surface area contributed by atoms with E-state index in [9.17, 15) is 9.59 Å². The lowest BCUT2D eigenvalue weighted by atomic mass is 9.97. The number of rotatable bonds is 9. The van der Waals surface area contributed by atoms with Crippen molar-refractivity contribution in [1.29, 1.82) is 0 Å². The van der Waals surface area contributed by atoms with Crippen LogP contribution in [0.25, 0.3) is 0 Å². The normalized spacial score (nSPS) is 13.2. The molecule has 0 heterocycles. The van der Waals surface area contributed by atoms with Gasteiger partial charge in [-0.2, -0.15) is 0 Å². The van der Waals surface area contributed by atoms with Crippen LogP contribution >= 0.6 is 0 Å². The number of hydrogen-bond acceptors (Lipinski definition) is 3. The average Bonchev–Trinajstić information content (AvgIpc) is 2.47. The number of nitrogens with one attached hydrogen (secondary N) is 1. The van der Waals surface area contributed by atoms with E-state index in [1.807, 2.05) is 37.3 Å². The molecular formula is C16H21NO4. The van der Waals surface area contributed by atoms with Crippen LogP contribution < -0.4 is 5.32 Å². The second-order valence-corrected chi connectivity index (χ2v) is 4.80. The molecule has 5 nitrogen and oxygen atoms in total. The van der Waals surface area contributed by atoms with Crippen LogP contribution in [-0.2, 0) is 14.3 Å². The fourth-order valence-corrected chi connectivity index (χ4v) is 1.87. The molecule has 21 heavy (non-hydrogen) atoms. The highest BCUT2D eigenvalue weighted by Crippen LogP contribution is 2.18. The van der Waals surface area contributed by atoms with E-state index in [4.69, 9.17) is 9.84 Å². The van der Waals surface area contributed by atoms with Gasteiger partial charge in [0.1, 0.15) is 0 Å². The Morgan fingerprint density at radius 3 is 2.62 bits per heavy atom. The van der Waals surface area contributed by atoms with Gasteiger partial charge in [0.15, 0.2) is 6.04 Å². The quantitative estimate of drug-likeness (QED) is 0.538. The van der Waals surface area contributed by atoms with Crippen LogP contribution in [0.15, 0.2) is 43.0 Å². The fraction of sp³-hybridized carbons (Fsp3) is 0.375. The van der Waals surface area contributed by atoms with Gasteiger partial charge in [0.05, 0.1) is 13.2 Å². The molecule has 0 fully saturated rings.